The highest BCUT2D eigenvalue weighted by Crippen LogP contribution is 2.34. The number of pyridine rings is 1. The van der Waals surface area contributed by atoms with E-state index in [0.29, 0.717) is 12.3 Å². The van der Waals surface area contributed by atoms with Gasteiger partial charge < -0.3 is 9.64 Å². The summed E-state index contributed by atoms with van der Waals surface area (Å²) in [7, 11) is 0. The molecule has 27 heavy (non-hydrogen) atoms. The standard InChI is InChI=1S/C22H25N3O2/c1-4-27-18-11-9-17(10-12-18)19-8-6-13-24(19)22(26)20-16(3)23-21-15(2)7-5-14-25(20)21/h5,7,9-12,14,19H,4,6,8,13H2,1-3H3. The summed E-state index contributed by atoms with van der Waals surface area (Å²) >= 11 is 0. The fourth-order valence-electron chi connectivity index (χ4n) is 4.02. The van der Waals surface area contributed by atoms with E-state index < -0.39 is 0 Å². The minimum Gasteiger partial charge on any atom is -0.494 e. The molecule has 4 rings (SSSR count). The van der Waals surface area contributed by atoms with Gasteiger partial charge in [-0.3, -0.25) is 9.20 Å². The summed E-state index contributed by atoms with van der Waals surface area (Å²) in [6, 6.07) is 12.2. The predicted octanol–water partition coefficient (Wildman–Crippen LogP) is 4.33. The fourth-order valence-corrected chi connectivity index (χ4v) is 4.02. The maximum Gasteiger partial charge on any atom is 0.273 e. The Balaban J connectivity index is 1.67. The Hall–Kier alpha value is -2.82. The van der Waals surface area contributed by atoms with E-state index in [2.05, 4.69) is 17.1 Å². The van der Waals surface area contributed by atoms with Crippen LogP contribution in [0.2, 0.25) is 0 Å². The van der Waals surface area contributed by atoms with Gasteiger partial charge in [-0.1, -0.05) is 18.2 Å². The molecule has 5 nitrogen and oxygen atoms in total. The van der Waals surface area contributed by atoms with Gasteiger partial charge in [0.2, 0.25) is 0 Å². The van der Waals surface area contributed by atoms with Crippen LogP contribution in [0.4, 0.5) is 0 Å². The zero-order valence-corrected chi connectivity index (χ0v) is 16.1. The summed E-state index contributed by atoms with van der Waals surface area (Å²) in [5.41, 5.74) is 4.55. The van der Waals surface area contributed by atoms with Crippen molar-refractivity contribution in [2.45, 2.75) is 39.7 Å². The molecule has 5 heteroatoms. The molecule has 1 aromatic carbocycles. The minimum absolute atomic E-state index is 0.0574. The summed E-state index contributed by atoms with van der Waals surface area (Å²) in [5, 5.41) is 0. The number of benzene rings is 1. The molecule has 1 fully saturated rings. The van der Waals surface area contributed by atoms with Crippen molar-refractivity contribution in [3.8, 4) is 5.75 Å². The number of rotatable bonds is 4. The van der Waals surface area contributed by atoms with Crippen molar-refractivity contribution in [3.63, 3.8) is 0 Å². The minimum atomic E-state index is 0.0574. The molecule has 3 heterocycles. The number of nitrogens with zero attached hydrogens (tertiary/aromatic N) is 3. The zero-order valence-electron chi connectivity index (χ0n) is 16.1. The van der Waals surface area contributed by atoms with E-state index in [-0.39, 0.29) is 11.9 Å². The largest absolute Gasteiger partial charge is 0.494 e. The van der Waals surface area contributed by atoms with Gasteiger partial charge in [0, 0.05) is 12.7 Å². The molecule has 0 bridgehead atoms. The molecule has 1 aliphatic rings. The molecule has 3 aromatic rings. The van der Waals surface area contributed by atoms with Gasteiger partial charge >= 0.3 is 0 Å². The van der Waals surface area contributed by atoms with Crippen molar-refractivity contribution < 1.29 is 9.53 Å². The van der Waals surface area contributed by atoms with Gasteiger partial charge in [-0.25, -0.2) is 4.98 Å². The second-order valence-electron chi connectivity index (χ2n) is 7.09. The lowest BCUT2D eigenvalue weighted by Gasteiger charge is -2.25. The van der Waals surface area contributed by atoms with Gasteiger partial charge in [-0.2, -0.15) is 0 Å². The van der Waals surface area contributed by atoms with Crippen molar-refractivity contribution >= 4 is 11.6 Å². The number of hydrogen-bond acceptors (Lipinski definition) is 3. The summed E-state index contributed by atoms with van der Waals surface area (Å²) in [6.45, 7) is 7.34. The quantitative estimate of drug-likeness (QED) is 0.693. The molecule has 0 aliphatic carbocycles. The molecule has 1 aliphatic heterocycles. The molecule has 2 aromatic heterocycles. The lowest BCUT2D eigenvalue weighted by atomic mass is 10.0. The first-order valence-electron chi connectivity index (χ1n) is 9.58. The molecule has 1 saturated heterocycles. The summed E-state index contributed by atoms with van der Waals surface area (Å²) in [6.07, 6.45) is 3.92. The van der Waals surface area contributed by atoms with Crippen LogP contribution >= 0.6 is 0 Å². The van der Waals surface area contributed by atoms with Gasteiger partial charge in [0.05, 0.1) is 18.3 Å². The maximum absolute atomic E-state index is 13.4. The normalized spacial score (nSPS) is 16.9. The van der Waals surface area contributed by atoms with E-state index in [1.54, 1.807) is 0 Å². The molecule has 1 amide bonds. The molecule has 0 radical (unpaired) electrons. The number of carbonyl (C=O) groups is 1. The highest BCUT2D eigenvalue weighted by molar-refractivity contribution is 5.95. The Morgan fingerprint density at radius 2 is 2.00 bits per heavy atom. The van der Waals surface area contributed by atoms with Crippen molar-refractivity contribution in [2.75, 3.05) is 13.2 Å². The Morgan fingerprint density at radius 3 is 2.74 bits per heavy atom. The van der Waals surface area contributed by atoms with Gasteiger partial charge in [-0.05, 0) is 62.9 Å². The summed E-state index contributed by atoms with van der Waals surface area (Å²) < 4.78 is 7.47. The number of likely N-dealkylation sites (tertiary alicyclic amines) is 1. The van der Waals surface area contributed by atoms with Crippen LogP contribution in [-0.4, -0.2) is 33.3 Å². The van der Waals surface area contributed by atoms with Crippen LogP contribution in [0, 0.1) is 13.8 Å². The highest BCUT2D eigenvalue weighted by atomic mass is 16.5. The maximum atomic E-state index is 13.4. The average Bonchev–Trinajstić information content (AvgIpc) is 3.27. The first-order chi connectivity index (χ1) is 13.1. The number of fused-ring (bicyclic) bond motifs is 1. The van der Waals surface area contributed by atoms with Crippen molar-refractivity contribution in [3.05, 3.63) is 65.1 Å². The van der Waals surface area contributed by atoms with Crippen molar-refractivity contribution in [2.24, 2.45) is 0 Å². The third-order valence-corrected chi connectivity index (χ3v) is 5.31. The Kier molecular flexibility index (Phi) is 4.60. The smallest absolute Gasteiger partial charge is 0.273 e. The molecule has 0 spiro atoms. The number of aryl methyl sites for hydroxylation is 2. The Bertz CT molecular complexity index is 975. The fraction of sp³-hybridized carbons (Fsp3) is 0.364. The number of amides is 1. The van der Waals surface area contributed by atoms with E-state index in [1.807, 2.05) is 60.5 Å². The lowest BCUT2D eigenvalue weighted by molar-refractivity contribution is 0.0728. The van der Waals surface area contributed by atoms with Crippen molar-refractivity contribution in [1.29, 1.82) is 0 Å². The molecule has 1 atom stereocenters. The van der Waals surface area contributed by atoms with Crippen LogP contribution < -0.4 is 4.74 Å². The summed E-state index contributed by atoms with van der Waals surface area (Å²) in [5.74, 6) is 0.923. The van der Waals surface area contributed by atoms with E-state index >= 15 is 0 Å². The number of imidazole rings is 1. The number of hydrogen-bond donors (Lipinski definition) is 0. The molecular weight excluding hydrogens is 338 g/mol. The second kappa shape index (κ2) is 7.06. The van der Waals surface area contributed by atoms with Gasteiger partial charge in [-0.15, -0.1) is 0 Å². The molecule has 1 unspecified atom stereocenters. The lowest BCUT2D eigenvalue weighted by Crippen LogP contribution is -2.32. The first-order valence-corrected chi connectivity index (χ1v) is 9.58. The first kappa shape index (κ1) is 17.6. The number of carbonyl (C=O) groups excluding carboxylic acids is 1. The van der Waals surface area contributed by atoms with Crippen LogP contribution in [0.15, 0.2) is 42.6 Å². The average molecular weight is 363 g/mol. The molecule has 140 valence electrons. The van der Waals surface area contributed by atoms with Crippen LogP contribution in [0.5, 0.6) is 5.75 Å². The van der Waals surface area contributed by atoms with Crippen molar-refractivity contribution in [1.82, 2.24) is 14.3 Å². The third-order valence-electron chi connectivity index (χ3n) is 5.31. The summed E-state index contributed by atoms with van der Waals surface area (Å²) in [4.78, 5) is 20.1. The topological polar surface area (TPSA) is 46.8 Å². The second-order valence-corrected chi connectivity index (χ2v) is 7.09. The Morgan fingerprint density at radius 1 is 1.22 bits per heavy atom. The van der Waals surface area contributed by atoms with Gasteiger partial charge in [0.15, 0.2) is 0 Å². The third kappa shape index (κ3) is 3.07. The number of aromatic nitrogens is 2. The van der Waals surface area contributed by atoms with Crippen LogP contribution in [0.25, 0.3) is 5.65 Å². The monoisotopic (exact) mass is 363 g/mol. The van der Waals surface area contributed by atoms with Gasteiger partial charge in [0.25, 0.3) is 5.91 Å². The van der Waals surface area contributed by atoms with Crippen LogP contribution in [-0.2, 0) is 0 Å². The van der Waals surface area contributed by atoms with E-state index in [9.17, 15) is 4.79 Å². The SMILES string of the molecule is CCOc1ccc(C2CCCN2C(=O)c2c(C)nc3c(C)cccn23)cc1. The van der Waals surface area contributed by atoms with E-state index in [4.69, 9.17) is 4.74 Å². The molecule has 0 saturated carbocycles. The van der Waals surface area contributed by atoms with Gasteiger partial charge in [0.1, 0.15) is 17.1 Å². The van der Waals surface area contributed by atoms with E-state index in [0.717, 1.165) is 47.6 Å². The predicted molar refractivity (Wildman–Crippen MR) is 105 cm³/mol. The van der Waals surface area contributed by atoms with Crippen LogP contribution in [0.1, 0.15) is 53.1 Å². The van der Waals surface area contributed by atoms with Crippen LogP contribution in [0.3, 0.4) is 0 Å². The molecular formula is C22H25N3O2. The highest BCUT2D eigenvalue weighted by Gasteiger charge is 2.33. The zero-order chi connectivity index (χ0) is 19.0. The number of ether oxygens (including phenoxy) is 1. The van der Waals surface area contributed by atoms with E-state index in [1.165, 1.54) is 0 Å². The molecule has 0 N–H and O–H groups in total. The Labute approximate surface area is 159 Å².